The third-order valence-corrected chi connectivity index (χ3v) is 4.94. The molecule has 3 atom stereocenters. The molecule has 2 aliphatic carbocycles. The van der Waals surface area contributed by atoms with Gasteiger partial charge in [-0.25, -0.2) is 0 Å². The van der Waals surface area contributed by atoms with Crippen LogP contribution in [0.4, 0.5) is 0 Å². The van der Waals surface area contributed by atoms with E-state index in [-0.39, 0.29) is 5.41 Å². The van der Waals surface area contributed by atoms with Crippen LogP contribution in [0.15, 0.2) is 48.1 Å². The Hall–Kier alpha value is -1.30. The second kappa shape index (κ2) is 4.91. The lowest BCUT2D eigenvalue weighted by molar-refractivity contribution is 0.499. The fraction of sp³-hybridized carbons (Fsp3) is 0.500. The molecule has 20 heavy (non-hydrogen) atoms. The Morgan fingerprint density at radius 1 is 1.05 bits per heavy atom. The highest BCUT2D eigenvalue weighted by molar-refractivity contribution is 5.38. The van der Waals surface area contributed by atoms with E-state index in [0.717, 1.165) is 11.8 Å². The average Bonchev–Trinajstić information content (AvgIpc) is 2.78. The lowest BCUT2D eigenvalue weighted by atomic mass is 9.78. The van der Waals surface area contributed by atoms with E-state index in [1.54, 1.807) is 5.57 Å². The molecule has 0 radical (unpaired) electrons. The van der Waals surface area contributed by atoms with E-state index < -0.39 is 0 Å². The highest BCUT2D eigenvalue weighted by Crippen LogP contribution is 2.46. The van der Waals surface area contributed by atoms with E-state index in [0.29, 0.717) is 5.92 Å². The van der Waals surface area contributed by atoms with Gasteiger partial charge in [0, 0.05) is 5.92 Å². The summed E-state index contributed by atoms with van der Waals surface area (Å²) in [5.41, 5.74) is 4.83. The predicted octanol–water partition coefficient (Wildman–Crippen LogP) is 5.61. The largest absolute Gasteiger partial charge is 0.0764 e. The van der Waals surface area contributed by atoms with Crippen LogP contribution >= 0.6 is 0 Å². The maximum atomic E-state index is 2.40. The second-order valence-electron chi connectivity index (χ2n) is 7.68. The molecule has 0 heteroatoms. The van der Waals surface area contributed by atoms with Crippen molar-refractivity contribution in [3.05, 3.63) is 59.2 Å². The van der Waals surface area contributed by atoms with Crippen LogP contribution in [0.1, 0.15) is 57.6 Å². The molecule has 0 nitrogen and oxygen atoms in total. The molecule has 1 saturated carbocycles. The van der Waals surface area contributed by atoms with E-state index in [2.05, 4.69) is 70.2 Å². The fourth-order valence-electron chi connectivity index (χ4n) is 3.77. The Labute approximate surface area is 123 Å². The maximum Gasteiger partial charge on any atom is 0.00868 e. The van der Waals surface area contributed by atoms with Gasteiger partial charge >= 0.3 is 0 Å². The van der Waals surface area contributed by atoms with Crippen LogP contribution < -0.4 is 0 Å². The SMILES string of the molecule is CC1CC2=CC=CC(c3ccc(C(C)(C)C)cc3)C2C1. The summed E-state index contributed by atoms with van der Waals surface area (Å²) in [6.07, 6.45) is 9.67. The van der Waals surface area contributed by atoms with Crippen LogP contribution in [0, 0.1) is 11.8 Å². The molecule has 106 valence electrons. The molecule has 0 bridgehead atoms. The number of fused-ring (bicyclic) bond motifs is 1. The molecule has 0 aliphatic heterocycles. The number of hydrogen-bond acceptors (Lipinski definition) is 0. The summed E-state index contributed by atoms with van der Waals surface area (Å²) in [6, 6.07) is 9.34. The van der Waals surface area contributed by atoms with Crippen LogP contribution in [0.5, 0.6) is 0 Å². The first-order chi connectivity index (χ1) is 9.45. The van der Waals surface area contributed by atoms with Crippen molar-refractivity contribution in [3.63, 3.8) is 0 Å². The van der Waals surface area contributed by atoms with Gasteiger partial charge in [-0.15, -0.1) is 0 Å². The molecule has 0 saturated heterocycles. The molecule has 2 aliphatic rings. The van der Waals surface area contributed by atoms with Crippen molar-refractivity contribution in [2.24, 2.45) is 11.8 Å². The van der Waals surface area contributed by atoms with Crippen LogP contribution in [-0.4, -0.2) is 0 Å². The van der Waals surface area contributed by atoms with Crippen LogP contribution in [0.3, 0.4) is 0 Å². The molecule has 0 N–H and O–H groups in total. The first kappa shape index (κ1) is 13.7. The third-order valence-electron chi connectivity index (χ3n) is 4.94. The van der Waals surface area contributed by atoms with E-state index >= 15 is 0 Å². The monoisotopic (exact) mass is 266 g/mol. The Morgan fingerprint density at radius 3 is 2.40 bits per heavy atom. The summed E-state index contributed by atoms with van der Waals surface area (Å²) < 4.78 is 0. The first-order valence-electron chi connectivity index (χ1n) is 7.93. The zero-order valence-corrected chi connectivity index (χ0v) is 13.2. The standard InChI is InChI=1S/C20H26/c1-14-12-16-6-5-7-18(19(16)13-14)15-8-10-17(11-9-15)20(2,3)4/h5-11,14,18-19H,12-13H2,1-4H3. The van der Waals surface area contributed by atoms with Crippen molar-refractivity contribution in [2.45, 2.75) is 51.9 Å². The van der Waals surface area contributed by atoms with Gasteiger partial charge in [-0.05, 0) is 41.2 Å². The van der Waals surface area contributed by atoms with Gasteiger partial charge in [-0.1, -0.05) is 75.8 Å². The van der Waals surface area contributed by atoms with Gasteiger partial charge in [-0.2, -0.15) is 0 Å². The van der Waals surface area contributed by atoms with E-state index in [9.17, 15) is 0 Å². The topological polar surface area (TPSA) is 0 Å². The van der Waals surface area contributed by atoms with Crippen LogP contribution in [-0.2, 0) is 5.41 Å². The molecule has 1 aromatic carbocycles. The molecular formula is C20H26. The Bertz CT molecular complexity index is 536. The number of benzene rings is 1. The van der Waals surface area contributed by atoms with Gasteiger partial charge in [0.05, 0.1) is 0 Å². The number of rotatable bonds is 1. The number of hydrogen-bond donors (Lipinski definition) is 0. The summed E-state index contributed by atoms with van der Waals surface area (Å²) in [7, 11) is 0. The molecule has 0 aromatic heterocycles. The van der Waals surface area contributed by atoms with E-state index in [1.165, 1.54) is 24.0 Å². The zero-order chi connectivity index (χ0) is 14.3. The summed E-state index contributed by atoms with van der Waals surface area (Å²) >= 11 is 0. The van der Waals surface area contributed by atoms with Gasteiger partial charge in [-0.3, -0.25) is 0 Å². The number of allylic oxidation sites excluding steroid dienone is 4. The predicted molar refractivity (Wildman–Crippen MR) is 87.0 cm³/mol. The third kappa shape index (κ3) is 2.49. The van der Waals surface area contributed by atoms with Crippen molar-refractivity contribution >= 4 is 0 Å². The zero-order valence-electron chi connectivity index (χ0n) is 13.2. The van der Waals surface area contributed by atoms with Gasteiger partial charge in [0.15, 0.2) is 0 Å². The van der Waals surface area contributed by atoms with Crippen molar-refractivity contribution in [3.8, 4) is 0 Å². The quantitative estimate of drug-likeness (QED) is 0.619. The van der Waals surface area contributed by atoms with Crippen molar-refractivity contribution in [2.75, 3.05) is 0 Å². The van der Waals surface area contributed by atoms with Crippen molar-refractivity contribution < 1.29 is 0 Å². The minimum Gasteiger partial charge on any atom is -0.0764 e. The minimum atomic E-state index is 0.244. The smallest absolute Gasteiger partial charge is 0.00868 e. The highest BCUT2D eigenvalue weighted by Gasteiger charge is 2.33. The van der Waals surface area contributed by atoms with E-state index in [4.69, 9.17) is 0 Å². The fourth-order valence-corrected chi connectivity index (χ4v) is 3.77. The average molecular weight is 266 g/mol. The molecule has 0 amide bonds. The normalized spacial score (nSPS) is 29.2. The Balaban J connectivity index is 1.86. The molecular weight excluding hydrogens is 240 g/mol. The minimum absolute atomic E-state index is 0.244. The molecule has 1 fully saturated rings. The second-order valence-corrected chi connectivity index (χ2v) is 7.68. The lowest BCUT2D eigenvalue weighted by Crippen LogP contribution is -2.14. The molecule has 0 spiro atoms. The molecule has 1 aromatic rings. The lowest BCUT2D eigenvalue weighted by Gasteiger charge is -2.26. The summed E-state index contributed by atoms with van der Waals surface area (Å²) in [6.45, 7) is 9.23. The van der Waals surface area contributed by atoms with Crippen LogP contribution in [0.2, 0.25) is 0 Å². The summed E-state index contributed by atoms with van der Waals surface area (Å²) in [4.78, 5) is 0. The Kier molecular flexibility index (Phi) is 3.36. The van der Waals surface area contributed by atoms with Crippen LogP contribution in [0.25, 0.3) is 0 Å². The van der Waals surface area contributed by atoms with Gasteiger partial charge in [0.2, 0.25) is 0 Å². The molecule has 3 rings (SSSR count). The van der Waals surface area contributed by atoms with Crippen molar-refractivity contribution in [1.29, 1.82) is 0 Å². The molecule has 0 heterocycles. The van der Waals surface area contributed by atoms with Gasteiger partial charge in [0.1, 0.15) is 0 Å². The van der Waals surface area contributed by atoms with Gasteiger partial charge < -0.3 is 0 Å². The molecule has 3 unspecified atom stereocenters. The Morgan fingerprint density at radius 2 is 1.75 bits per heavy atom. The summed E-state index contributed by atoms with van der Waals surface area (Å²) in [5.74, 6) is 2.19. The van der Waals surface area contributed by atoms with Gasteiger partial charge in [0.25, 0.3) is 0 Å². The van der Waals surface area contributed by atoms with E-state index in [1.807, 2.05) is 0 Å². The first-order valence-corrected chi connectivity index (χ1v) is 7.93. The maximum absolute atomic E-state index is 2.40. The van der Waals surface area contributed by atoms with Crippen molar-refractivity contribution in [1.82, 2.24) is 0 Å². The summed E-state index contributed by atoms with van der Waals surface area (Å²) in [5, 5.41) is 0. The highest BCUT2D eigenvalue weighted by atomic mass is 14.4.